The number of nitrogens with zero attached hydrogens (tertiary/aromatic N) is 2. The van der Waals surface area contributed by atoms with E-state index in [-0.39, 0.29) is 17.4 Å². The molecule has 1 atom stereocenters. The van der Waals surface area contributed by atoms with Crippen LogP contribution in [0, 0.1) is 5.92 Å². The van der Waals surface area contributed by atoms with Crippen molar-refractivity contribution in [3.05, 3.63) is 11.9 Å². The van der Waals surface area contributed by atoms with Crippen LogP contribution in [0.4, 0.5) is 11.6 Å². The highest BCUT2D eigenvalue weighted by Crippen LogP contribution is 2.22. The minimum absolute atomic E-state index is 0.114. The molecule has 1 heterocycles. The lowest BCUT2D eigenvalue weighted by molar-refractivity contribution is 0.138. The Balaban J connectivity index is 2.91. The molecule has 21 heavy (non-hydrogen) atoms. The number of aliphatic hydroxyl groups excluding tert-OH is 1. The molecule has 0 spiro atoms. The van der Waals surface area contributed by atoms with Crippen LogP contribution in [-0.2, 0) is 5.41 Å². The van der Waals surface area contributed by atoms with Crippen molar-refractivity contribution in [2.45, 2.75) is 59.5 Å². The Labute approximate surface area is 128 Å². The summed E-state index contributed by atoms with van der Waals surface area (Å²) < 4.78 is 0. The number of rotatable bonds is 7. The fraction of sp³-hybridized carbons (Fsp3) is 0.750. The largest absolute Gasteiger partial charge is 0.391 e. The summed E-state index contributed by atoms with van der Waals surface area (Å²) in [5.41, 5.74) is -0.114. The van der Waals surface area contributed by atoms with Gasteiger partial charge in [-0.15, -0.1) is 0 Å². The average molecular weight is 294 g/mol. The summed E-state index contributed by atoms with van der Waals surface area (Å²) in [6, 6.07) is 1.90. The van der Waals surface area contributed by atoms with Crippen LogP contribution in [0.3, 0.4) is 0 Å². The van der Waals surface area contributed by atoms with Gasteiger partial charge in [0.25, 0.3) is 0 Å². The van der Waals surface area contributed by atoms with Crippen LogP contribution in [0.25, 0.3) is 0 Å². The molecule has 0 aliphatic rings. The molecule has 3 N–H and O–H groups in total. The second kappa shape index (κ2) is 7.59. The predicted octanol–water partition coefficient (Wildman–Crippen LogP) is 3.02. The number of nitrogens with one attached hydrogen (secondary N) is 2. The first-order valence-electron chi connectivity index (χ1n) is 7.79. The molecule has 1 aromatic rings. The van der Waals surface area contributed by atoms with Crippen molar-refractivity contribution < 1.29 is 5.11 Å². The maximum atomic E-state index is 9.91. The van der Waals surface area contributed by atoms with Crippen LogP contribution in [0.2, 0.25) is 0 Å². The van der Waals surface area contributed by atoms with Crippen molar-refractivity contribution in [2.24, 2.45) is 5.92 Å². The lowest BCUT2D eigenvalue weighted by Crippen LogP contribution is -2.26. The van der Waals surface area contributed by atoms with Crippen molar-refractivity contribution in [1.29, 1.82) is 0 Å². The highest BCUT2D eigenvalue weighted by Gasteiger charge is 2.19. The van der Waals surface area contributed by atoms with Gasteiger partial charge in [-0.25, -0.2) is 9.97 Å². The fourth-order valence-corrected chi connectivity index (χ4v) is 1.66. The van der Waals surface area contributed by atoms with Gasteiger partial charge in [-0.3, -0.25) is 0 Å². The van der Waals surface area contributed by atoms with Crippen molar-refractivity contribution in [3.8, 4) is 0 Å². The molecule has 0 radical (unpaired) electrons. The number of hydrogen-bond donors (Lipinski definition) is 3. The average Bonchev–Trinajstić information content (AvgIpc) is 2.41. The molecule has 0 fully saturated rings. The molecule has 0 bridgehead atoms. The Morgan fingerprint density at radius 2 is 1.71 bits per heavy atom. The van der Waals surface area contributed by atoms with Crippen LogP contribution in [0.5, 0.6) is 0 Å². The first-order chi connectivity index (χ1) is 9.74. The lowest BCUT2D eigenvalue weighted by Gasteiger charge is -2.20. The zero-order valence-electron chi connectivity index (χ0n) is 14.2. The van der Waals surface area contributed by atoms with E-state index in [0.29, 0.717) is 6.54 Å². The Kier molecular flexibility index (Phi) is 6.40. The highest BCUT2D eigenvalue weighted by atomic mass is 16.3. The summed E-state index contributed by atoms with van der Waals surface area (Å²) in [7, 11) is 0. The van der Waals surface area contributed by atoms with E-state index in [1.807, 2.05) is 19.9 Å². The zero-order chi connectivity index (χ0) is 16.0. The Morgan fingerprint density at radius 1 is 1.14 bits per heavy atom. The molecule has 5 nitrogen and oxygen atoms in total. The maximum Gasteiger partial charge on any atom is 0.138 e. The molecule has 0 amide bonds. The third-order valence-corrected chi connectivity index (χ3v) is 3.21. The van der Waals surface area contributed by atoms with E-state index in [1.165, 1.54) is 0 Å². The van der Waals surface area contributed by atoms with E-state index in [2.05, 4.69) is 48.3 Å². The van der Waals surface area contributed by atoms with Crippen LogP contribution < -0.4 is 10.6 Å². The van der Waals surface area contributed by atoms with Gasteiger partial charge in [0.2, 0.25) is 0 Å². The number of anilines is 2. The normalized spacial score (nSPS) is 13.3. The summed E-state index contributed by atoms with van der Waals surface area (Å²) in [5.74, 6) is 2.61. The molecule has 0 aliphatic heterocycles. The van der Waals surface area contributed by atoms with E-state index in [0.717, 1.165) is 30.4 Å². The van der Waals surface area contributed by atoms with E-state index >= 15 is 0 Å². The third kappa shape index (κ3) is 5.87. The van der Waals surface area contributed by atoms with Gasteiger partial charge < -0.3 is 15.7 Å². The molecule has 5 heteroatoms. The number of aliphatic hydroxyl groups is 1. The zero-order valence-corrected chi connectivity index (χ0v) is 14.2. The van der Waals surface area contributed by atoms with Crippen molar-refractivity contribution in [3.63, 3.8) is 0 Å². The van der Waals surface area contributed by atoms with Gasteiger partial charge in [0.05, 0.1) is 6.10 Å². The Bertz CT molecular complexity index is 440. The first kappa shape index (κ1) is 17.7. The summed E-state index contributed by atoms with van der Waals surface area (Å²) in [6.07, 6.45) is 0.661. The summed E-state index contributed by atoms with van der Waals surface area (Å²) in [6.45, 7) is 13.8. The van der Waals surface area contributed by atoms with Gasteiger partial charge in [-0.1, -0.05) is 41.5 Å². The fourth-order valence-electron chi connectivity index (χ4n) is 1.66. The minimum atomic E-state index is -0.384. The van der Waals surface area contributed by atoms with Gasteiger partial charge in [0, 0.05) is 24.6 Å². The third-order valence-electron chi connectivity index (χ3n) is 3.21. The van der Waals surface area contributed by atoms with Crippen LogP contribution >= 0.6 is 0 Å². The van der Waals surface area contributed by atoms with E-state index in [9.17, 15) is 5.11 Å². The van der Waals surface area contributed by atoms with Crippen LogP contribution in [-0.4, -0.2) is 34.3 Å². The van der Waals surface area contributed by atoms with Gasteiger partial charge in [-0.2, -0.15) is 0 Å². The summed E-state index contributed by atoms with van der Waals surface area (Å²) >= 11 is 0. The molecule has 0 aromatic carbocycles. The SMILES string of the molecule is CCCNc1cc(NCC(O)C(C)C)nc(C(C)(C)C)n1. The van der Waals surface area contributed by atoms with E-state index < -0.39 is 0 Å². The standard InChI is InChI=1S/C16H30N4O/c1-7-8-17-13-9-14(18-10-12(21)11(2)3)20-15(19-13)16(4,5)6/h9,11-12,21H,7-8,10H2,1-6H3,(H2,17,18,19,20). The highest BCUT2D eigenvalue weighted by molar-refractivity contribution is 5.48. The maximum absolute atomic E-state index is 9.91. The molecule has 0 saturated heterocycles. The Hall–Kier alpha value is -1.36. The van der Waals surface area contributed by atoms with E-state index in [4.69, 9.17) is 0 Å². The molecular formula is C16H30N4O. The number of aromatic nitrogens is 2. The molecule has 1 unspecified atom stereocenters. The van der Waals surface area contributed by atoms with Crippen LogP contribution in [0.15, 0.2) is 6.07 Å². The topological polar surface area (TPSA) is 70.1 Å². The molecule has 0 aliphatic carbocycles. The Morgan fingerprint density at radius 3 is 2.19 bits per heavy atom. The minimum Gasteiger partial charge on any atom is -0.391 e. The summed E-state index contributed by atoms with van der Waals surface area (Å²) in [5, 5.41) is 16.4. The van der Waals surface area contributed by atoms with Gasteiger partial charge in [0.15, 0.2) is 0 Å². The van der Waals surface area contributed by atoms with Crippen LogP contribution in [0.1, 0.15) is 53.8 Å². The molecule has 0 saturated carbocycles. The van der Waals surface area contributed by atoms with Gasteiger partial charge >= 0.3 is 0 Å². The summed E-state index contributed by atoms with van der Waals surface area (Å²) in [4.78, 5) is 9.15. The second-order valence-electron chi connectivity index (χ2n) is 6.83. The van der Waals surface area contributed by atoms with Gasteiger partial charge in [-0.05, 0) is 12.3 Å². The molecule has 1 rings (SSSR count). The first-order valence-corrected chi connectivity index (χ1v) is 7.79. The second-order valence-corrected chi connectivity index (χ2v) is 6.83. The van der Waals surface area contributed by atoms with Crippen molar-refractivity contribution >= 4 is 11.6 Å². The van der Waals surface area contributed by atoms with Gasteiger partial charge in [0.1, 0.15) is 17.5 Å². The number of hydrogen-bond acceptors (Lipinski definition) is 5. The quantitative estimate of drug-likeness (QED) is 0.721. The van der Waals surface area contributed by atoms with E-state index in [1.54, 1.807) is 0 Å². The molecule has 120 valence electrons. The van der Waals surface area contributed by atoms with Crippen molar-refractivity contribution in [2.75, 3.05) is 23.7 Å². The van der Waals surface area contributed by atoms with Crippen molar-refractivity contribution in [1.82, 2.24) is 9.97 Å². The lowest BCUT2D eigenvalue weighted by atomic mass is 9.96. The molecule has 1 aromatic heterocycles. The molecular weight excluding hydrogens is 264 g/mol. The predicted molar refractivity (Wildman–Crippen MR) is 88.8 cm³/mol. The monoisotopic (exact) mass is 294 g/mol. The smallest absolute Gasteiger partial charge is 0.138 e.